The molecule has 0 aliphatic heterocycles. The molecule has 2 heterocycles. The van der Waals surface area contributed by atoms with Crippen molar-refractivity contribution in [1.29, 1.82) is 0 Å². The molecular weight excluding hydrogens is 357 g/mol. The molecule has 0 spiro atoms. The zero-order chi connectivity index (χ0) is 17.5. The number of halogens is 1. The molecule has 4 N–H and O–H groups in total. The van der Waals surface area contributed by atoms with Gasteiger partial charge in [0.15, 0.2) is 10.8 Å². The monoisotopic (exact) mass is 375 g/mol. The van der Waals surface area contributed by atoms with Gasteiger partial charge in [0.2, 0.25) is 5.95 Å². The fourth-order valence-corrected chi connectivity index (χ4v) is 3.68. The average molecular weight is 376 g/mol. The molecule has 0 radical (unpaired) electrons. The molecule has 2 aromatic rings. The third kappa shape index (κ3) is 3.55. The van der Waals surface area contributed by atoms with Crippen LogP contribution in [0, 0.1) is 5.92 Å². The van der Waals surface area contributed by atoms with Gasteiger partial charge in [-0.3, -0.25) is 4.57 Å². The smallest absolute Gasteiger partial charge is 0.351 e. The van der Waals surface area contributed by atoms with Crippen LogP contribution < -0.4 is 5.73 Å². The van der Waals surface area contributed by atoms with Crippen molar-refractivity contribution in [1.82, 2.24) is 19.5 Å². The minimum Gasteiger partial charge on any atom is -0.368 e. The van der Waals surface area contributed by atoms with Crippen LogP contribution in [0.5, 0.6) is 0 Å². The van der Waals surface area contributed by atoms with Crippen molar-refractivity contribution in [2.24, 2.45) is 5.92 Å². The van der Waals surface area contributed by atoms with Gasteiger partial charge in [0.25, 0.3) is 0 Å². The van der Waals surface area contributed by atoms with Crippen molar-refractivity contribution in [3.8, 4) is 0 Å². The summed E-state index contributed by atoms with van der Waals surface area (Å²) in [6, 6.07) is 0. The van der Waals surface area contributed by atoms with Gasteiger partial charge in [-0.2, -0.15) is 9.97 Å². The molecule has 0 saturated heterocycles. The Hall–Kier alpha value is -1.25. The van der Waals surface area contributed by atoms with Gasteiger partial charge in [-0.05, 0) is 18.8 Å². The zero-order valence-electron chi connectivity index (χ0n) is 13.1. The van der Waals surface area contributed by atoms with E-state index in [1.54, 1.807) is 10.9 Å². The molecule has 24 heavy (non-hydrogen) atoms. The van der Waals surface area contributed by atoms with Crippen LogP contribution in [0.15, 0.2) is 6.33 Å². The van der Waals surface area contributed by atoms with E-state index in [0.29, 0.717) is 17.7 Å². The molecule has 11 heteroatoms. The molecule has 1 fully saturated rings. The highest BCUT2D eigenvalue weighted by molar-refractivity contribution is 7.51. The Kier molecular flexibility index (Phi) is 4.57. The van der Waals surface area contributed by atoms with Gasteiger partial charge in [-0.25, -0.2) is 4.98 Å². The molecule has 0 amide bonds. The van der Waals surface area contributed by atoms with Crippen molar-refractivity contribution in [3.63, 3.8) is 0 Å². The predicted molar refractivity (Wildman–Crippen MR) is 88.5 cm³/mol. The summed E-state index contributed by atoms with van der Waals surface area (Å²) in [5.41, 5.74) is 5.93. The van der Waals surface area contributed by atoms with E-state index in [0.717, 1.165) is 19.3 Å². The summed E-state index contributed by atoms with van der Waals surface area (Å²) in [6.07, 6.45) is 3.59. The van der Waals surface area contributed by atoms with Crippen molar-refractivity contribution in [3.05, 3.63) is 11.5 Å². The van der Waals surface area contributed by atoms with E-state index < -0.39 is 19.5 Å². The molecule has 2 atom stereocenters. The molecule has 132 valence electrons. The van der Waals surface area contributed by atoms with Gasteiger partial charge in [-0.1, -0.05) is 24.9 Å². The molecule has 0 bridgehead atoms. The molecule has 1 saturated carbocycles. The van der Waals surface area contributed by atoms with Crippen molar-refractivity contribution >= 4 is 36.3 Å². The molecule has 0 aromatic carbocycles. The van der Waals surface area contributed by atoms with E-state index in [4.69, 9.17) is 31.9 Å². The number of anilines is 1. The van der Waals surface area contributed by atoms with E-state index >= 15 is 0 Å². The van der Waals surface area contributed by atoms with Crippen LogP contribution in [0.3, 0.4) is 0 Å². The largest absolute Gasteiger partial charge is 0.368 e. The summed E-state index contributed by atoms with van der Waals surface area (Å²) in [5.74, 6) is 0.279. The molecule has 1 aliphatic rings. The Bertz CT molecular complexity index is 809. The number of hydrogen-bond acceptors (Lipinski definition) is 6. The maximum atomic E-state index is 11.2. The highest BCUT2D eigenvalue weighted by Gasteiger charge is 2.55. The van der Waals surface area contributed by atoms with E-state index in [1.807, 2.05) is 0 Å². The second-order valence-electron chi connectivity index (χ2n) is 6.11. The van der Waals surface area contributed by atoms with Crippen LogP contribution in [-0.2, 0) is 15.8 Å². The second kappa shape index (κ2) is 6.24. The van der Waals surface area contributed by atoms with Gasteiger partial charge in [-0.15, -0.1) is 0 Å². The van der Waals surface area contributed by atoms with E-state index in [1.165, 1.54) is 0 Å². The Balaban J connectivity index is 1.87. The van der Waals surface area contributed by atoms with E-state index in [2.05, 4.69) is 21.9 Å². The molecular formula is C13H19ClN5O4P. The first-order valence-corrected chi connectivity index (χ1v) is 9.74. The molecule has 9 nitrogen and oxygen atoms in total. The number of nitrogens with two attached hydrogens (primary N) is 1. The minimum absolute atomic E-state index is 0.0420. The first-order chi connectivity index (χ1) is 11.2. The standard InChI is InChI=1S/C13H19ClN5O4P/c1-2-3-8-4-13(8,23-7-24(20,21)22)5-19-6-16-9-10(14)17-12(15)18-11(9)19/h6,8H,2-5,7H2,1H3,(H2,15,17,18)(H2,20,21,22)/t8-,13+/m1/s1. The molecule has 3 rings (SSSR count). The summed E-state index contributed by atoms with van der Waals surface area (Å²) in [5, 5.41) is 0.169. The van der Waals surface area contributed by atoms with Gasteiger partial charge in [0.1, 0.15) is 11.9 Å². The highest BCUT2D eigenvalue weighted by Crippen LogP contribution is 2.53. The molecule has 0 unspecified atom stereocenters. The van der Waals surface area contributed by atoms with Crippen LogP contribution in [0.1, 0.15) is 26.2 Å². The number of rotatable bonds is 7. The number of fused-ring (bicyclic) bond motifs is 1. The van der Waals surface area contributed by atoms with Gasteiger partial charge < -0.3 is 24.8 Å². The lowest BCUT2D eigenvalue weighted by Crippen LogP contribution is -2.25. The first kappa shape index (κ1) is 17.6. The van der Waals surface area contributed by atoms with E-state index in [-0.39, 0.29) is 17.0 Å². The number of nitrogens with zero attached hydrogens (tertiary/aromatic N) is 4. The summed E-state index contributed by atoms with van der Waals surface area (Å²) < 4.78 is 18.5. The highest BCUT2D eigenvalue weighted by atomic mass is 35.5. The summed E-state index contributed by atoms with van der Waals surface area (Å²) >= 11 is 6.02. The Morgan fingerprint density at radius 1 is 1.54 bits per heavy atom. The fraction of sp³-hybridized carbons (Fsp3) is 0.615. The number of imidazole rings is 1. The lowest BCUT2D eigenvalue weighted by Gasteiger charge is -2.20. The van der Waals surface area contributed by atoms with Crippen LogP contribution in [0.2, 0.25) is 5.15 Å². The zero-order valence-corrected chi connectivity index (χ0v) is 14.7. The van der Waals surface area contributed by atoms with Gasteiger partial charge in [0, 0.05) is 0 Å². The van der Waals surface area contributed by atoms with Gasteiger partial charge in [0.05, 0.1) is 18.5 Å². The quantitative estimate of drug-likeness (QED) is 0.492. The van der Waals surface area contributed by atoms with Crippen molar-refractivity contribution in [2.45, 2.75) is 38.3 Å². The fourth-order valence-electron chi connectivity index (χ4n) is 3.03. The van der Waals surface area contributed by atoms with Crippen LogP contribution in [0.4, 0.5) is 5.95 Å². The lowest BCUT2D eigenvalue weighted by molar-refractivity contribution is 0.0274. The van der Waals surface area contributed by atoms with E-state index in [9.17, 15) is 4.57 Å². The maximum Gasteiger partial charge on any atom is 0.351 e. The molecule has 1 aliphatic carbocycles. The Morgan fingerprint density at radius 3 is 2.96 bits per heavy atom. The lowest BCUT2D eigenvalue weighted by atomic mass is 10.1. The SMILES string of the molecule is CCC[C@@H]1C[C@@]1(Cn1cnc2c(Cl)nc(N)nc21)OCP(=O)(O)O. The van der Waals surface area contributed by atoms with Crippen LogP contribution in [0.25, 0.3) is 11.2 Å². The van der Waals surface area contributed by atoms with Crippen molar-refractivity contribution in [2.75, 3.05) is 12.1 Å². The first-order valence-electron chi connectivity index (χ1n) is 7.56. The summed E-state index contributed by atoms with van der Waals surface area (Å²) in [4.78, 5) is 30.4. The minimum atomic E-state index is -4.24. The van der Waals surface area contributed by atoms with Crippen LogP contribution >= 0.6 is 19.2 Å². The Labute approximate surface area is 143 Å². The number of nitrogen functional groups attached to an aromatic ring is 1. The third-order valence-corrected chi connectivity index (χ3v) is 4.94. The van der Waals surface area contributed by atoms with Crippen molar-refractivity contribution < 1.29 is 19.1 Å². The normalized spacial score (nSPS) is 23.8. The number of ether oxygens (including phenoxy) is 1. The maximum absolute atomic E-state index is 11.2. The average Bonchev–Trinajstić information content (AvgIpc) is 2.99. The molecule has 2 aromatic heterocycles. The predicted octanol–water partition coefficient (Wildman–Crippen LogP) is 1.77. The second-order valence-corrected chi connectivity index (χ2v) is 8.06. The number of aromatic nitrogens is 4. The third-order valence-electron chi connectivity index (χ3n) is 4.21. The Morgan fingerprint density at radius 2 is 2.29 bits per heavy atom. The summed E-state index contributed by atoms with van der Waals surface area (Å²) in [7, 11) is -4.24. The van der Waals surface area contributed by atoms with Crippen LogP contribution in [-0.4, -0.2) is 41.3 Å². The van der Waals surface area contributed by atoms with Gasteiger partial charge >= 0.3 is 7.60 Å². The number of hydrogen-bond donors (Lipinski definition) is 3. The summed E-state index contributed by atoms with van der Waals surface area (Å²) in [6.45, 7) is 2.44. The topological polar surface area (TPSA) is 136 Å².